The lowest BCUT2D eigenvalue weighted by molar-refractivity contribution is 0.0497. The van der Waals surface area contributed by atoms with E-state index in [0.29, 0.717) is 19.8 Å². The molecule has 0 aliphatic rings. The summed E-state index contributed by atoms with van der Waals surface area (Å²) >= 11 is 6.49. The minimum atomic E-state index is -0.924. The first kappa shape index (κ1) is 43.9. The second-order valence-electron chi connectivity index (χ2n) is 13.9. The van der Waals surface area contributed by atoms with Gasteiger partial charge in [0.25, 0.3) is 0 Å². The molecule has 1 N–H and O–H groups in total. The molecule has 3 aromatic rings. The molecule has 1 aromatic carbocycles. The SMILES string of the molecule is CCCCCCCCCCCCOC(=O)c1ccc(Cl)c(-n2c(O)c(-c3nc(OCCCCCCCC)cc(OCCCCCCCC)n3)oc2=O)c1. The Kier molecular flexibility index (Phi) is 21.8. The van der Waals surface area contributed by atoms with Gasteiger partial charge in [0.2, 0.25) is 29.2 Å². The van der Waals surface area contributed by atoms with Crippen molar-refractivity contribution in [2.24, 2.45) is 0 Å². The van der Waals surface area contributed by atoms with Crippen LogP contribution in [0.5, 0.6) is 17.6 Å². The van der Waals surface area contributed by atoms with Crippen molar-refractivity contribution in [1.82, 2.24) is 14.5 Å². The van der Waals surface area contributed by atoms with Gasteiger partial charge in [-0.2, -0.15) is 9.97 Å². The van der Waals surface area contributed by atoms with Crippen molar-refractivity contribution in [2.75, 3.05) is 19.8 Å². The average Bonchev–Trinajstić information content (AvgIpc) is 3.45. The molecule has 296 valence electrons. The quantitative estimate of drug-likeness (QED) is 0.0522. The molecule has 0 amide bonds. The van der Waals surface area contributed by atoms with Crippen molar-refractivity contribution in [2.45, 2.75) is 162 Å². The molecule has 0 aliphatic carbocycles. The monoisotopic (exact) mass is 757 g/mol. The summed E-state index contributed by atoms with van der Waals surface area (Å²) in [6.07, 6.45) is 25.2. The van der Waals surface area contributed by atoms with Crippen LogP contribution in [0.2, 0.25) is 5.02 Å². The van der Waals surface area contributed by atoms with Crippen LogP contribution in [-0.4, -0.2) is 45.4 Å². The summed E-state index contributed by atoms with van der Waals surface area (Å²) in [6, 6.07) is 6.02. The number of aromatic hydroxyl groups is 1. The lowest BCUT2D eigenvalue weighted by atomic mass is 10.1. The van der Waals surface area contributed by atoms with Crippen LogP contribution in [0.1, 0.15) is 172 Å². The van der Waals surface area contributed by atoms with Gasteiger partial charge in [-0.05, 0) is 37.5 Å². The molecule has 0 bridgehead atoms. The minimum Gasteiger partial charge on any atom is -0.491 e. The van der Waals surface area contributed by atoms with Gasteiger partial charge in [-0.3, -0.25) is 0 Å². The molecule has 10 nitrogen and oxygen atoms in total. The molecule has 0 atom stereocenters. The molecule has 11 heteroatoms. The fourth-order valence-corrected chi connectivity index (χ4v) is 6.35. The van der Waals surface area contributed by atoms with Crippen molar-refractivity contribution in [3.8, 4) is 34.9 Å². The topological polar surface area (TPSA) is 126 Å². The first-order valence-electron chi connectivity index (χ1n) is 20.5. The van der Waals surface area contributed by atoms with Gasteiger partial charge in [-0.15, -0.1) is 0 Å². The van der Waals surface area contributed by atoms with Crippen LogP contribution in [0.15, 0.2) is 33.5 Å². The number of oxazole rings is 1. The minimum absolute atomic E-state index is 0.0626. The first-order chi connectivity index (χ1) is 25.9. The summed E-state index contributed by atoms with van der Waals surface area (Å²) in [5, 5.41) is 11.5. The smallest absolute Gasteiger partial charge is 0.427 e. The van der Waals surface area contributed by atoms with E-state index in [0.717, 1.165) is 62.4 Å². The number of carbonyl (C=O) groups is 1. The number of hydrogen-bond donors (Lipinski definition) is 1. The van der Waals surface area contributed by atoms with Crippen molar-refractivity contribution >= 4 is 17.6 Å². The van der Waals surface area contributed by atoms with Crippen LogP contribution >= 0.6 is 11.6 Å². The van der Waals surface area contributed by atoms with Crippen molar-refractivity contribution in [3.63, 3.8) is 0 Å². The van der Waals surface area contributed by atoms with Crippen molar-refractivity contribution in [1.29, 1.82) is 0 Å². The van der Waals surface area contributed by atoms with E-state index in [4.69, 9.17) is 30.2 Å². The predicted molar refractivity (Wildman–Crippen MR) is 212 cm³/mol. The zero-order valence-electron chi connectivity index (χ0n) is 32.6. The molecule has 2 heterocycles. The first-order valence-corrected chi connectivity index (χ1v) is 20.8. The standard InChI is InChI=1S/C42H64ClN3O7/c1-4-7-10-13-16-17-18-19-22-25-30-52-41(48)33-26-27-34(43)35(31-33)46-40(47)38(53-42(46)49)39-44-36(50-28-23-20-14-11-8-5-2)32-37(45-39)51-29-24-21-15-12-9-6-3/h26-27,31-32,47H,4-25,28-30H2,1-3H3. The van der Waals surface area contributed by atoms with Gasteiger partial charge >= 0.3 is 11.7 Å². The van der Waals surface area contributed by atoms with E-state index in [1.165, 1.54) is 102 Å². The summed E-state index contributed by atoms with van der Waals surface area (Å²) in [7, 11) is 0. The van der Waals surface area contributed by atoms with E-state index in [-0.39, 0.29) is 39.6 Å². The normalized spacial score (nSPS) is 11.2. The van der Waals surface area contributed by atoms with Crippen LogP contribution in [0.25, 0.3) is 17.3 Å². The molecule has 0 saturated heterocycles. The fraction of sp³-hybridized carbons (Fsp3) is 0.667. The Hall–Kier alpha value is -3.53. The highest BCUT2D eigenvalue weighted by Crippen LogP contribution is 2.33. The van der Waals surface area contributed by atoms with Gasteiger partial charge in [0.05, 0.1) is 42.2 Å². The maximum Gasteiger partial charge on any atom is 0.427 e. The Morgan fingerprint density at radius 3 is 1.62 bits per heavy atom. The van der Waals surface area contributed by atoms with E-state index in [1.54, 1.807) is 6.07 Å². The van der Waals surface area contributed by atoms with Crippen LogP contribution in [0.3, 0.4) is 0 Å². The molecule has 0 unspecified atom stereocenters. The lowest BCUT2D eigenvalue weighted by Crippen LogP contribution is -2.13. The average molecular weight is 758 g/mol. The van der Waals surface area contributed by atoms with Gasteiger partial charge in [0.15, 0.2) is 0 Å². The Morgan fingerprint density at radius 2 is 1.13 bits per heavy atom. The number of aromatic nitrogens is 3. The molecule has 0 fully saturated rings. The van der Waals surface area contributed by atoms with Gasteiger partial charge in [-0.25, -0.2) is 14.2 Å². The zero-order chi connectivity index (χ0) is 38.1. The highest BCUT2D eigenvalue weighted by Gasteiger charge is 2.25. The highest BCUT2D eigenvalue weighted by atomic mass is 35.5. The molecular formula is C42H64ClN3O7. The van der Waals surface area contributed by atoms with Crippen LogP contribution in [0, 0.1) is 0 Å². The number of hydrogen-bond acceptors (Lipinski definition) is 9. The Bertz CT molecular complexity index is 1490. The third kappa shape index (κ3) is 16.2. The number of unbranched alkanes of at least 4 members (excludes halogenated alkanes) is 19. The summed E-state index contributed by atoms with van der Waals surface area (Å²) in [4.78, 5) is 35.1. The second kappa shape index (κ2) is 26.3. The molecular weight excluding hydrogens is 694 g/mol. The molecule has 53 heavy (non-hydrogen) atoms. The van der Waals surface area contributed by atoms with Crippen LogP contribution in [0.4, 0.5) is 0 Å². The number of esters is 1. The third-order valence-corrected chi connectivity index (χ3v) is 9.64. The number of halogens is 1. The molecule has 0 spiro atoms. The predicted octanol–water partition coefficient (Wildman–Crippen LogP) is 11.8. The van der Waals surface area contributed by atoms with E-state index < -0.39 is 17.6 Å². The van der Waals surface area contributed by atoms with Crippen LogP contribution < -0.4 is 15.2 Å². The maximum absolute atomic E-state index is 13.2. The maximum atomic E-state index is 13.2. The lowest BCUT2D eigenvalue weighted by Gasteiger charge is -2.11. The van der Waals surface area contributed by atoms with Crippen LogP contribution in [-0.2, 0) is 4.74 Å². The summed E-state index contributed by atoms with van der Waals surface area (Å²) in [5.74, 6) is -1.87. The second-order valence-corrected chi connectivity index (χ2v) is 14.3. The largest absolute Gasteiger partial charge is 0.491 e. The van der Waals surface area contributed by atoms with Gasteiger partial charge in [0.1, 0.15) is 0 Å². The van der Waals surface area contributed by atoms with Crippen molar-refractivity contribution in [3.05, 3.63) is 45.4 Å². The number of carbonyl (C=O) groups excluding carboxylic acids is 1. The Balaban J connectivity index is 1.68. The number of rotatable bonds is 30. The number of benzene rings is 1. The molecule has 0 radical (unpaired) electrons. The summed E-state index contributed by atoms with van der Waals surface area (Å²) in [5.41, 5.74) is 0.254. The van der Waals surface area contributed by atoms with Crippen molar-refractivity contribution < 1.29 is 28.5 Å². The summed E-state index contributed by atoms with van der Waals surface area (Å²) in [6.45, 7) is 7.82. The van der Waals surface area contributed by atoms with E-state index >= 15 is 0 Å². The molecule has 3 rings (SSSR count). The van der Waals surface area contributed by atoms with Gasteiger partial charge in [-0.1, -0.05) is 154 Å². The third-order valence-electron chi connectivity index (χ3n) is 9.32. The fourth-order valence-electron chi connectivity index (χ4n) is 6.15. The van der Waals surface area contributed by atoms with E-state index in [1.807, 2.05) is 0 Å². The Morgan fingerprint density at radius 1 is 0.679 bits per heavy atom. The van der Waals surface area contributed by atoms with E-state index in [9.17, 15) is 14.7 Å². The zero-order valence-corrected chi connectivity index (χ0v) is 33.4. The highest BCUT2D eigenvalue weighted by molar-refractivity contribution is 6.32. The molecule has 0 aliphatic heterocycles. The number of ether oxygens (including phenoxy) is 3. The van der Waals surface area contributed by atoms with Gasteiger partial charge < -0.3 is 23.7 Å². The van der Waals surface area contributed by atoms with Gasteiger partial charge in [0, 0.05) is 0 Å². The van der Waals surface area contributed by atoms with E-state index in [2.05, 4.69) is 30.7 Å². The molecule has 0 saturated carbocycles. The Labute approximate surface area is 322 Å². The summed E-state index contributed by atoms with van der Waals surface area (Å²) < 4.78 is 23.9. The molecule has 2 aromatic heterocycles. The number of nitrogens with zero attached hydrogens (tertiary/aromatic N) is 3.